The van der Waals surface area contributed by atoms with Crippen LogP contribution in [0.25, 0.3) is 0 Å². The Hall–Kier alpha value is -1.40. The molecule has 0 rings (SSSR count). The lowest BCUT2D eigenvalue weighted by atomic mass is 10.0. The predicted octanol–water partition coefficient (Wildman–Crippen LogP) is 26.3. The fourth-order valence-electron chi connectivity index (χ4n) is 13.0. The minimum atomic E-state index is -0.661. The number of aliphatic hydroxyl groups excluding tert-OH is 2. The summed E-state index contributed by atoms with van der Waals surface area (Å²) in [5.41, 5.74) is 0. The average Bonchev–Trinajstić information content (AvgIpc) is 3.58. The van der Waals surface area contributed by atoms with Gasteiger partial charge >= 0.3 is 5.97 Å². The van der Waals surface area contributed by atoms with Crippen molar-refractivity contribution < 1.29 is 24.5 Å². The Morgan fingerprint density at radius 3 is 0.826 bits per heavy atom. The second-order valence-electron chi connectivity index (χ2n) is 27.8. The van der Waals surface area contributed by atoms with E-state index in [4.69, 9.17) is 4.74 Å². The molecule has 0 aromatic carbocycles. The fraction of sp³-hybridized carbons (Fsp3) is 0.950. The van der Waals surface area contributed by atoms with E-state index in [0.717, 1.165) is 38.5 Å². The van der Waals surface area contributed by atoms with E-state index >= 15 is 0 Å². The molecule has 0 saturated heterocycles. The van der Waals surface area contributed by atoms with Gasteiger partial charge < -0.3 is 20.3 Å². The number of rotatable bonds is 76. The zero-order valence-corrected chi connectivity index (χ0v) is 58.8. The maximum Gasteiger partial charge on any atom is 0.305 e. The quantitative estimate of drug-likeness (QED) is 0.0320. The summed E-state index contributed by atoms with van der Waals surface area (Å²) in [5, 5.41) is 23.4. The summed E-state index contributed by atoms with van der Waals surface area (Å²) in [6.45, 7) is 5.01. The highest BCUT2D eigenvalue weighted by Gasteiger charge is 2.20. The van der Waals surface area contributed by atoms with E-state index in [1.807, 2.05) is 0 Å². The van der Waals surface area contributed by atoms with Crippen LogP contribution in [-0.2, 0) is 14.3 Å². The molecular weight excluding hydrogens is 1050 g/mol. The van der Waals surface area contributed by atoms with Gasteiger partial charge in [0, 0.05) is 12.8 Å². The maximum absolute atomic E-state index is 12.5. The van der Waals surface area contributed by atoms with E-state index in [2.05, 4.69) is 31.3 Å². The van der Waals surface area contributed by atoms with Gasteiger partial charge in [0.2, 0.25) is 5.91 Å². The molecule has 3 N–H and O–H groups in total. The Morgan fingerprint density at radius 2 is 0.547 bits per heavy atom. The number of ether oxygens (including phenoxy) is 1. The number of hydrogen-bond donors (Lipinski definition) is 3. The van der Waals surface area contributed by atoms with Gasteiger partial charge in [0.05, 0.1) is 25.4 Å². The molecular formula is C80H157NO5. The molecule has 6 heteroatoms. The molecule has 0 aliphatic rings. The SMILES string of the molecule is CCCCCCCCCCCCCCCCCCCCC(O)C(CO)NC(=O)CCCCCCCCCCCCCCCCCCC/C=C\CCCCCCCCCCCCCCCCCCOC(=O)CCCCCCCCCCCCCCCC. The standard InChI is InChI=1S/C80H157NO5/c1-3-5-7-9-11-13-15-17-19-20-42-45-48-52-56-60-64-68-72-78(83)77(76-82)81-79(84)73-69-65-61-57-53-49-46-43-40-38-36-34-32-30-28-26-24-22-21-23-25-27-29-31-33-35-37-39-41-44-47-51-55-59-63-67-71-75-86-80(85)74-70-66-62-58-54-50-18-16-14-12-10-8-6-4-2/h21,23,77-78,82-83H,3-20,22,24-76H2,1-2H3,(H,81,84)/b23-21-. The third kappa shape index (κ3) is 71.7. The van der Waals surface area contributed by atoms with Crippen molar-refractivity contribution in [2.45, 2.75) is 475 Å². The van der Waals surface area contributed by atoms with Gasteiger partial charge in [-0.1, -0.05) is 411 Å². The number of aliphatic hydroxyl groups is 2. The van der Waals surface area contributed by atoms with E-state index in [9.17, 15) is 19.8 Å². The Bertz CT molecular complexity index is 1300. The number of carbonyl (C=O) groups is 2. The zero-order valence-electron chi connectivity index (χ0n) is 58.8. The van der Waals surface area contributed by atoms with Crippen LogP contribution in [0.4, 0.5) is 0 Å². The minimum Gasteiger partial charge on any atom is -0.466 e. The van der Waals surface area contributed by atoms with Gasteiger partial charge in [-0.25, -0.2) is 0 Å². The summed E-state index contributed by atoms with van der Waals surface area (Å²) in [4.78, 5) is 24.6. The summed E-state index contributed by atoms with van der Waals surface area (Å²) >= 11 is 0. The summed E-state index contributed by atoms with van der Waals surface area (Å²) < 4.78 is 5.50. The molecule has 0 radical (unpaired) electrons. The van der Waals surface area contributed by atoms with E-state index in [1.165, 1.54) is 392 Å². The first-order valence-corrected chi connectivity index (χ1v) is 39.9. The highest BCUT2D eigenvalue weighted by atomic mass is 16.5. The average molecular weight is 1210 g/mol. The minimum absolute atomic E-state index is 0.0249. The highest BCUT2D eigenvalue weighted by molar-refractivity contribution is 5.76. The summed E-state index contributed by atoms with van der Waals surface area (Å²) in [7, 11) is 0. The number of allylic oxidation sites excluding steroid dienone is 2. The van der Waals surface area contributed by atoms with Gasteiger partial charge in [-0.05, 0) is 51.4 Å². The van der Waals surface area contributed by atoms with Crippen molar-refractivity contribution in [3.63, 3.8) is 0 Å². The lowest BCUT2D eigenvalue weighted by molar-refractivity contribution is -0.143. The molecule has 0 aromatic heterocycles. The molecule has 512 valence electrons. The number of hydrogen-bond acceptors (Lipinski definition) is 5. The number of unbranched alkanes of at least 4 members (excludes halogenated alkanes) is 63. The normalized spacial score (nSPS) is 12.5. The molecule has 6 nitrogen and oxygen atoms in total. The molecule has 0 aliphatic heterocycles. The third-order valence-electron chi connectivity index (χ3n) is 19.1. The zero-order chi connectivity index (χ0) is 62.0. The highest BCUT2D eigenvalue weighted by Crippen LogP contribution is 2.20. The van der Waals surface area contributed by atoms with Gasteiger partial charge in [-0.15, -0.1) is 0 Å². The van der Waals surface area contributed by atoms with Crippen LogP contribution in [0.5, 0.6) is 0 Å². The molecule has 2 atom stereocenters. The maximum atomic E-state index is 12.5. The molecule has 86 heavy (non-hydrogen) atoms. The lowest BCUT2D eigenvalue weighted by Crippen LogP contribution is -2.45. The molecule has 0 spiro atoms. The van der Waals surface area contributed by atoms with E-state index in [-0.39, 0.29) is 18.5 Å². The number of nitrogens with one attached hydrogen (secondary N) is 1. The molecule has 0 bridgehead atoms. The van der Waals surface area contributed by atoms with Crippen LogP contribution in [0, 0.1) is 0 Å². The van der Waals surface area contributed by atoms with Crippen molar-refractivity contribution in [1.82, 2.24) is 5.32 Å². The molecule has 0 fully saturated rings. The lowest BCUT2D eigenvalue weighted by Gasteiger charge is -2.22. The number of esters is 1. The Kier molecular flexibility index (Phi) is 74.8. The Morgan fingerprint density at radius 1 is 0.314 bits per heavy atom. The predicted molar refractivity (Wildman–Crippen MR) is 380 cm³/mol. The van der Waals surface area contributed by atoms with Crippen LogP contribution in [0.1, 0.15) is 463 Å². The topological polar surface area (TPSA) is 95.9 Å². The summed E-state index contributed by atoms with van der Waals surface area (Å²) in [6.07, 6.45) is 96.0. The Labute approximate surface area is 539 Å². The first kappa shape index (κ1) is 84.6. The van der Waals surface area contributed by atoms with Crippen LogP contribution >= 0.6 is 0 Å². The van der Waals surface area contributed by atoms with Crippen LogP contribution in [0.3, 0.4) is 0 Å². The molecule has 0 aromatic rings. The smallest absolute Gasteiger partial charge is 0.305 e. The van der Waals surface area contributed by atoms with Crippen molar-refractivity contribution in [3.8, 4) is 0 Å². The number of amides is 1. The molecule has 0 saturated carbocycles. The molecule has 2 unspecified atom stereocenters. The fourth-order valence-corrected chi connectivity index (χ4v) is 13.0. The van der Waals surface area contributed by atoms with Crippen molar-refractivity contribution >= 4 is 11.9 Å². The Balaban J connectivity index is 3.32. The summed E-state index contributed by atoms with van der Waals surface area (Å²) in [6, 6.07) is -0.538. The summed E-state index contributed by atoms with van der Waals surface area (Å²) in [5.74, 6) is -0.00114. The molecule has 1 amide bonds. The van der Waals surface area contributed by atoms with Crippen molar-refractivity contribution in [2.24, 2.45) is 0 Å². The second-order valence-corrected chi connectivity index (χ2v) is 27.8. The van der Waals surface area contributed by atoms with Crippen molar-refractivity contribution in [2.75, 3.05) is 13.2 Å². The first-order valence-electron chi connectivity index (χ1n) is 39.9. The second kappa shape index (κ2) is 76.1. The largest absolute Gasteiger partial charge is 0.466 e. The molecule has 0 aliphatic carbocycles. The van der Waals surface area contributed by atoms with Crippen molar-refractivity contribution in [3.05, 3.63) is 12.2 Å². The van der Waals surface area contributed by atoms with Crippen molar-refractivity contribution in [1.29, 1.82) is 0 Å². The number of carbonyl (C=O) groups excluding carboxylic acids is 2. The van der Waals surface area contributed by atoms with Gasteiger partial charge in [0.25, 0.3) is 0 Å². The van der Waals surface area contributed by atoms with Crippen LogP contribution in [0.15, 0.2) is 12.2 Å². The van der Waals surface area contributed by atoms with E-state index in [0.29, 0.717) is 25.9 Å². The third-order valence-corrected chi connectivity index (χ3v) is 19.1. The van der Waals surface area contributed by atoms with Crippen LogP contribution in [-0.4, -0.2) is 47.4 Å². The van der Waals surface area contributed by atoms with E-state index < -0.39 is 12.1 Å². The van der Waals surface area contributed by atoms with E-state index in [1.54, 1.807) is 0 Å². The van der Waals surface area contributed by atoms with Crippen LogP contribution in [0.2, 0.25) is 0 Å². The van der Waals surface area contributed by atoms with Gasteiger partial charge in [0.15, 0.2) is 0 Å². The van der Waals surface area contributed by atoms with Gasteiger partial charge in [-0.3, -0.25) is 9.59 Å². The molecule has 0 heterocycles. The monoisotopic (exact) mass is 1210 g/mol. The first-order chi connectivity index (χ1) is 42.5. The van der Waals surface area contributed by atoms with Gasteiger partial charge in [0.1, 0.15) is 0 Å². The van der Waals surface area contributed by atoms with Crippen LogP contribution < -0.4 is 5.32 Å². The van der Waals surface area contributed by atoms with Gasteiger partial charge in [-0.2, -0.15) is 0 Å².